The topological polar surface area (TPSA) is 77.7 Å². The molecule has 1 aromatic carbocycles. The summed E-state index contributed by atoms with van der Waals surface area (Å²) in [4.78, 5) is 18.4. The molecule has 1 aliphatic rings. The first-order valence-electron chi connectivity index (χ1n) is 8.56. The largest absolute Gasteiger partial charge is 0.491 e. The van der Waals surface area contributed by atoms with E-state index in [4.69, 9.17) is 14.0 Å². The number of aromatic nitrogens is 2. The molecule has 1 fully saturated rings. The Kier molecular flexibility index (Phi) is 6.00. The molecule has 2 heterocycles. The third-order valence-corrected chi connectivity index (χ3v) is 4.15. The van der Waals surface area contributed by atoms with Crippen molar-refractivity contribution in [1.29, 1.82) is 0 Å². The van der Waals surface area contributed by atoms with Gasteiger partial charge in [0.2, 0.25) is 11.8 Å². The van der Waals surface area contributed by atoms with Gasteiger partial charge in [0.05, 0.1) is 6.61 Å². The maximum Gasteiger partial charge on any atom is 0.248 e. The smallest absolute Gasteiger partial charge is 0.248 e. The minimum absolute atomic E-state index is 0.00960. The van der Waals surface area contributed by atoms with Crippen LogP contribution in [-0.4, -0.2) is 53.9 Å². The molecule has 25 heavy (non-hydrogen) atoms. The Morgan fingerprint density at radius 2 is 2.16 bits per heavy atom. The number of hydrogen-bond donors (Lipinski definition) is 0. The Bertz CT molecular complexity index is 674. The summed E-state index contributed by atoms with van der Waals surface area (Å²) in [6.07, 6.45) is 1.90. The van der Waals surface area contributed by atoms with E-state index in [1.807, 2.05) is 35.2 Å². The zero-order valence-electron chi connectivity index (χ0n) is 14.4. The highest BCUT2D eigenvalue weighted by atomic mass is 16.5. The average molecular weight is 345 g/mol. The number of rotatable bonds is 7. The number of amides is 1. The SMILES string of the molecule is Cc1nc([C@@H]2CCCN(C(=O)COCCOc3ccccc3)C2)no1. The summed E-state index contributed by atoms with van der Waals surface area (Å²) in [6.45, 7) is 3.99. The zero-order chi connectivity index (χ0) is 17.5. The van der Waals surface area contributed by atoms with Crippen LogP contribution in [0.25, 0.3) is 0 Å². The highest BCUT2D eigenvalue weighted by molar-refractivity contribution is 5.77. The standard InChI is InChI=1S/C18H23N3O4/c1-14-19-18(20-25-14)15-6-5-9-21(12-15)17(22)13-23-10-11-24-16-7-3-2-4-8-16/h2-4,7-8,15H,5-6,9-13H2,1H3/t15-/m1/s1. The van der Waals surface area contributed by atoms with Crippen molar-refractivity contribution < 1.29 is 18.8 Å². The molecule has 1 saturated heterocycles. The van der Waals surface area contributed by atoms with Crippen LogP contribution in [0.4, 0.5) is 0 Å². The lowest BCUT2D eigenvalue weighted by atomic mass is 9.97. The highest BCUT2D eigenvalue weighted by Gasteiger charge is 2.27. The van der Waals surface area contributed by atoms with Crippen molar-refractivity contribution in [3.8, 4) is 5.75 Å². The van der Waals surface area contributed by atoms with Crippen molar-refractivity contribution >= 4 is 5.91 Å². The molecule has 3 rings (SSSR count). The number of carbonyl (C=O) groups is 1. The van der Waals surface area contributed by atoms with Crippen LogP contribution in [0, 0.1) is 6.92 Å². The summed E-state index contributed by atoms with van der Waals surface area (Å²) in [5.74, 6) is 2.17. The van der Waals surface area contributed by atoms with Crippen molar-refractivity contribution in [3.05, 3.63) is 42.0 Å². The molecule has 7 heteroatoms. The van der Waals surface area contributed by atoms with Crippen molar-refractivity contribution in [3.63, 3.8) is 0 Å². The van der Waals surface area contributed by atoms with E-state index in [1.54, 1.807) is 6.92 Å². The lowest BCUT2D eigenvalue weighted by Crippen LogP contribution is -2.41. The number of para-hydroxylation sites is 1. The maximum absolute atomic E-state index is 12.3. The molecular formula is C18H23N3O4. The van der Waals surface area contributed by atoms with Gasteiger partial charge in [0.25, 0.3) is 0 Å². The van der Waals surface area contributed by atoms with E-state index in [-0.39, 0.29) is 18.4 Å². The Morgan fingerprint density at radius 3 is 2.92 bits per heavy atom. The van der Waals surface area contributed by atoms with E-state index in [0.717, 1.165) is 25.1 Å². The van der Waals surface area contributed by atoms with Gasteiger partial charge in [-0.05, 0) is 25.0 Å². The minimum atomic E-state index is -0.00960. The van der Waals surface area contributed by atoms with E-state index in [0.29, 0.717) is 31.5 Å². The van der Waals surface area contributed by atoms with Gasteiger partial charge in [-0.2, -0.15) is 4.98 Å². The Labute approximate surface area is 146 Å². The molecule has 1 aliphatic heterocycles. The molecular weight excluding hydrogens is 322 g/mol. The highest BCUT2D eigenvalue weighted by Crippen LogP contribution is 2.24. The molecule has 0 saturated carbocycles. The first kappa shape index (κ1) is 17.4. The second kappa shape index (κ2) is 8.62. The van der Waals surface area contributed by atoms with Crippen molar-refractivity contribution in [2.75, 3.05) is 32.9 Å². The first-order chi connectivity index (χ1) is 12.2. The molecule has 0 N–H and O–H groups in total. The lowest BCUT2D eigenvalue weighted by molar-refractivity contribution is -0.137. The fourth-order valence-electron chi connectivity index (χ4n) is 2.88. The number of likely N-dealkylation sites (tertiary alicyclic amines) is 1. The average Bonchev–Trinajstić information content (AvgIpc) is 3.09. The number of benzene rings is 1. The number of carbonyl (C=O) groups excluding carboxylic acids is 1. The number of ether oxygens (including phenoxy) is 2. The molecule has 7 nitrogen and oxygen atoms in total. The van der Waals surface area contributed by atoms with Gasteiger partial charge < -0.3 is 18.9 Å². The molecule has 134 valence electrons. The van der Waals surface area contributed by atoms with Crippen LogP contribution in [0.15, 0.2) is 34.9 Å². The fourth-order valence-corrected chi connectivity index (χ4v) is 2.88. The number of piperidine rings is 1. The van der Waals surface area contributed by atoms with Crippen molar-refractivity contribution in [1.82, 2.24) is 15.0 Å². The van der Waals surface area contributed by atoms with E-state index in [9.17, 15) is 4.79 Å². The molecule has 1 amide bonds. The normalized spacial score (nSPS) is 17.5. The summed E-state index contributed by atoms with van der Waals surface area (Å²) in [5, 5.41) is 3.98. The van der Waals surface area contributed by atoms with E-state index < -0.39 is 0 Å². The van der Waals surface area contributed by atoms with Crippen LogP contribution in [0.2, 0.25) is 0 Å². The lowest BCUT2D eigenvalue weighted by Gasteiger charge is -2.31. The quantitative estimate of drug-likeness (QED) is 0.716. The van der Waals surface area contributed by atoms with Crippen LogP contribution in [0.3, 0.4) is 0 Å². The van der Waals surface area contributed by atoms with Gasteiger partial charge in [-0.25, -0.2) is 0 Å². The number of hydrogen-bond acceptors (Lipinski definition) is 6. The predicted molar refractivity (Wildman–Crippen MR) is 90.3 cm³/mol. The predicted octanol–water partition coefficient (Wildman–Crippen LogP) is 2.18. The van der Waals surface area contributed by atoms with Crippen LogP contribution >= 0.6 is 0 Å². The van der Waals surface area contributed by atoms with Gasteiger partial charge in [0.1, 0.15) is 19.0 Å². The first-order valence-corrected chi connectivity index (χ1v) is 8.56. The van der Waals surface area contributed by atoms with Crippen LogP contribution in [0.1, 0.15) is 30.5 Å². The minimum Gasteiger partial charge on any atom is -0.491 e. The second-order valence-corrected chi connectivity index (χ2v) is 6.06. The van der Waals surface area contributed by atoms with Gasteiger partial charge in [0, 0.05) is 25.9 Å². The van der Waals surface area contributed by atoms with Gasteiger partial charge in [-0.15, -0.1) is 0 Å². The molecule has 0 bridgehead atoms. The van der Waals surface area contributed by atoms with E-state index in [2.05, 4.69) is 10.1 Å². The van der Waals surface area contributed by atoms with Crippen LogP contribution in [-0.2, 0) is 9.53 Å². The number of aryl methyl sites for hydroxylation is 1. The van der Waals surface area contributed by atoms with Crippen molar-refractivity contribution in [2.24, 2.45) is 0 Å². The zero-order valence-corrected chi connectivity index (χ0v) is 14.4. The van der Waals surface area contributed by atoms with Gasteiger partial charge in [-0.1, -0.05) is 23.4 Å². The van der Waals surface area contributed by atoms with E-state index in [1.165, 1.54) is 0 Å². The Morgan fingerprint density at radius 1 is 1.32 bits per heavy atom. The molecule has 1 atom stereocenters. The van der Waals surface area contributed by atoms with Crippen LogP contribution in [0.5, 0.6) is 5.75 Å². The number of nitrogens with zero attached hydrogens (tertiary/aromatic N) is 3. The van der Waals surface area contributed by atoms with Crippen molar-refractivity contribution in [2.45, 2.75) is 25.7 Å². The Balaban J connectivity index is 1.37. The Hall–Kier alpha value is -2.41. The monoisotopic (exact) mass is 345 g/mol. The molecule has 0 unspecified atom stereocenters. The van der Waals surface area contributed by atoms with Gasteiger partial charge in [-0.3, -0.25) is 4.79 Å². The summed E-state index contributed by atoms with van der Waals surface area (Å²) >= 11 is 0. The molecule has 0 aliphatic carbocycles. The summed E-state index contributed by atoms with van der Waals surface area (Å²) in [5.41, 5.74) is 0. The van der Waals surface area contributed by atoms with Gasteiger partial charge >= 0.3 is 0 Å². The molecule has 1 aromatic heterocycles. The maximum atomic E-state index is 12.3. The molecule has 2 aromatic rings. The summed E-state index contributed by atoms with van der Waals surface area (Å²) in [6, 6.07) is 9.54. The summed E-state index contributed by atoms with van der Waals surface area (Å²) in [7, 11) is 0. The van der Waals surface area contributed by atoms with Gasteiger partial charge in [0.15, 0.2) is 5.82 Å². The third-order valence-electron chi connectivity index (χ3n) is 4.15. The van der Waals surface area contributed by atoms with E-state index >= 15 is 0 Å². The second-order valence-electron chi connectivity index (χ2n) is 6.06. The molecule has 0 spiro atoms. The summed E-state index contributed by atoms with van der Waals surface area (Å²) < 4.78 is 16.0. The molecule has 0 radical (unpaired) electrons. The third kappa shape index (κ3) is 5.03. The fraction of sp³-hybridized carbons (Fsp3) is 0.500. The van der Waals surface area contributed by atoms with Crippen LogP contribution < -0.4 is 4.74 Å².